The van der Waals surface area contributed by atoms with Crippen LogP contribution in [0.15, 0.2) is 36.5 Å². The third kappa shape index (κ3) is 4.42. The van der Waals surface area contributed by atoms with Gasteiger partial charge in [-0.25, -0.2) is 18.6 Å². The van der Waals surface area contributed by atoms with Crippen molar-refractivity contribution in [3.05, 3.63) is 59.4 Å². The summed E-state index contributed by atoms with van der Waals surface area (Å²) in [6.45, 7) is 3.36. The summed E-state index contributed by atoms with van der Waals surface area (Å²) in [5.41, 5.74) is -1.14. The smallest absolute Gasteiger partial charge is 0.312 e. The highest BCUT2D eigenvalue weighted by molar-refractivity contribution is 6.02. The van der Waals surface area contributed by atoms with Gasteiger partial charge in [0.1, 0.15) is 17.3 Å². The van der Waals surface area contributed by atoms with E-state index in [1.807, 2.05) is 13.8 Å². The molecule has 1 aromatic heterocycles. The molecule has 0 unspecified atom stereocenters. The van der Waals surface area contributed by atoms with Crippen LogP contribution in [0.25, 0.3) is 0 Å². The maximum Gasteiger partial charge on any atom is 0.433 e. The highest BCUT2D eigenvalue weighted by Gasteiger charge is 2.41. The monoisotopic (exact) mass is 427 g/mol. The standard InChI is InChI=1S/C20H18F5N3O2/c1-11(2)16-9-27(15-3-4-18(26-8-15)20(23,24)25)19(30)28(16)10-17(29)12-5-13(21)7-14(22)6-12/h3-8,11,16H,9-10H2,1-2H3/t16-/m1/s1. The van der Waals surface area contributed by atoms with Crippen LogP contribution in [0.4, 0.5) is 32.4 Å². The Morgan fingerprint density at radius 1 is 1.17 bits per heavy atom. The summed E-state index contributed by atoms with van der Waals surface area (Å²) in [5.74, 6) is -2.56. The molecule has 160 valence electrons. The quantitative estimate of drug-likeness (QED) is 0.521. The Bertz CT molecular complexity index is 940. The molecule has 0 bridgehead atoms. The number of rotatable bonds is 5. The van der Waals surface area contributed by atoms with Gasteiger partial charge in [-0.2, -0.15) is 13.2 Å². The number of alkyl halides is 3. The lowest BCUT2D eigenvalue weighted by atomic mass is 10.0. The van der Waals surface area contributed by atoms with E-state index in [1.54, 1.807) is 0 Å². The molecule has 0 saturated carbocycles. The first-order valence-electron chi connectivity index (χ1n) is 9.08. The molecule has 30 heavy (non-hydrogen) atoms. The van der Waals surface area contributed by atoms with Gasteiger partial charge in [-0.15, -0.1) is 0 Å². The number of hydrogen-bond donors (Lipinski definition) is 0. The second-order valence-electron chi connectivity index (χ2n) is 7.31. The number of Topliss-reactive ketones (excluding diaryl/α,β-unsaturated/α-hetero) is 1. The van der Waals surface area contributed by atoms with Crippen molar-refractivity contribution in [3.63, 3.8) is 0 Å². The van der Waals surface area contributed by atoms with Crippen molar-refractivity contribution in [2.24, 2.45) is 5.92 Å². The summed E-state index contributed by atoms with van der Waals surface area (Å²) in [5, 5.41) is 0. The molecule has 10 heteroatoms. The second-order valence-corrected chi connectivity index (χ2v) is 7.31. The molecule has 1 saturated heterocycles. The minimum atomic E-state index is -4.60. The Labute approximate surface area is 169 Å². The summed E-state index contributed by atoms with van der Waals surface area (Å²) in [6, 6.07) is 3.28. The van der Waals surface area contributed by atoms with Crippen LogP contribution >= 0.6 is 0 Å². The van der Waals surface area contributed by atoms with E-state index < -0.39 is 47.9 Å². The van der Waals surface area contributed by atoms with Gasteiger partial charge in [0.15, 0.2) is 5.78 Å². The van der Waals surface area contributed by atoms with E-state index in [4.69, 9.17) is 0 Å². The molecular weight excluding hydrogens is 409 g/mol. The Morgan fingerprint density at radius 3 is 2.30 bits per heavy atom. The van der Waals surface area contributed by atoms with Crippen LogP contribution in [0.2, 0.25) is 0 Å². The van der Waals surface area contributed by atoms with Crippen molar-refractivity contribution in [1.29, 1.82) is 0 Å². The number of halogens is 5. The predicted molar refractivity (Wildman–Crippen MR) is 98.0 cm³/mol. The molecule has 0 spiro atoms. The highest BCUT2D eigenvalue weighted by Crippen LogP contribution is 2.31. The van der Waals surface area contributed by atoms with Gasteiger partial charge in [0.05, 0.1) is 24.5 Å². The number of carbonyl (C=O) groups excluding carboxylic acids is 2. The molecule has 3 rings (SSSR count). The van der Waals surface area contributed by atoms with Crippen LogP contribution in [0.3, 0.4) is 0 Å². The van der Waals surface area contributed by atoms with E-state index in [0.717, 1.165) is 30.5 Å². The van der Waals surface area contributed by atoms with Crippen molar-refractivity contribution in [3.8, 4) is 0 Å². The average Bonchev–Trinajstić information content (AvgIpc) is 2.97. The first-order valence-corrected chi connectivity index (χ1v) is 9.08. The van der Waals surface area contributed by atoms with E-state index in [0.29, 0.717) is 6.07 Å². The number of amides is 2. The number of nitrogens with zero attached hydrogens (tertiary/aromatic N) is 3. The summed E-state index contributed by atoms with van der Waals surface area (Å²) in [4.78, 5) is 31.3. The number of ketones is 1. The third-order valence-electron chi connectivity index (χ3n) is 4.86. The van der Waals surface area contributed by atoms with Crippen molar-refractivity contribution in [2.75, 3.05) is 18.0 Å². The zero-order chi connectivity index (χ0) is 22.2. The largest absolute Gasteiger partial charge is 0.433 e. The number of pyridine rings is 1. The van der Waals surface area contributed by atoms with Gasteiger partial charge in [-0.3, -0.25) is 9.69 Å². The van der Waals surface area contributed by atoms with Crippen molar-refractivity contribution in [2.45, 2.75) is 26.1 Å². The predicted octanol–water partition coefficient (Wildman–Crippen LogP) is 4.53. The average molecular weight is 427 g/mol. The van der Waals surface area contributed by atoms with Crippen molar-refractivity contribution in [1.82, 2.24) is 9.88 Å². The van der Waals surface area contributed by atoms with E-state index in [9.17, 15) is 31.5 Å². The molecule has 2 amide bonds. The lowest BCUT2D eigenvalue weighted by molar-refractivity contribution is -0.141. The molecule has 0 radical (unpaired) electrons. The summed E-state index contributed by atoms with van der Waals surface area (Å²) in [6.07, 6.45) is -3.65. The Hall–Kier alpha value is -3.04. The normalized spacial score (nSPS) is 17.2. The maximum absolute atomic E-state index is 13.4. The van der Waals surface area contributed by atoms with Gasteiger partial charge in [0.25, 0.3) is 0 Å². The molecule has 2 aromatic rings. The molecule has 5 nitrogen and oxygen atoms in total. The first-order chi connectivity index (χ1) is 14.0. The van der Waals surface area contributed by atoms with E-state index in [2.05, 4.69) is 4.98 Å². The van der Waals surface area contributed by atoms with Crippen LogP contribution in [0, 0.1) is 17.6 Å². The van der Waals surface area contributed by atoms with E-state index in [-0.39, 0.29) is 23.7 Å². The Kier molecular flexibility index (Phi) is 5.78. The summed E-state index contributed by atoms with van der Waals surface area (Å²) < 4.78 is 65.0. The molecule has 1 aliphatic heterocycles. The number of carbonyl (C=O) groups is 2. The van der Waals surface area contributed by atoms with Crippen molar-refractivity contribution >= 4 is 17.5 Å². The van der Waals surface area contributed by atoms with E-state index >= 15 is 0 Å². The zero-order valence-corrected chi connectivity index (χ0v) is 16.1. The Balaban J connectivity index is 1.84. The van der Waals surface area contributed by atoms with Crippen LogP contribution in [0.1, 0.15) is 29.9 Å². The zero-order valence-electron chi connectivity index (χ0n) is 16.1. The molecule has 0 aliphatic carbocycles. The molecule has 1 aromatic carbocycles. The van der Waals surface area contributed by atoms with E-state index in [1.165, 1.54) is 9.80 Å². The third-order valence-corrected chi connectivity index (χ3v) is 4.86. The number of urea groups is 1. The SMILES string of the molecule is CC(C)[C@H]1CN(c2ccc(C(F)(F)F)nc2)C(=O)N1CC(=O)c1cc(F)cc(F)c1. The fourth-order valence-electron chi connectivity index (χ4n) is 3.31. The summed E-state index contributed by atoms with van der Waals surface area (Å²) >= 11 is 0. The Morgan fingerprint density at radius 2 is 1.80 bits per heavy atom. The molecule has 1 atom stereocenters. The van der Waals surface area contributed by atoms with Gasteiger partial charge in [-0.1, -0.05) is 13.8 Å². The van der Waals surface area contributed by atoms with Gasteiger partial charge in [-0.05, 0) is 30.2 Å². The molecule has 0 N–H and O–H groups in total. The minimum Gasteiger partial charge on any atom is -0.312 e. The number of anilines is 1. The van der Waals surface area contributed by atoms with Crippen molar-refractivity contribution < 1.29 is 31.5 Å². The van der Waals surface area contributed by atoms with Crippen LogP contribution in [0.5, 0.6) is 0 Å². The fraction of sp³-hybridized carbons (Fsp3) is 0.350. The van der Waals surface area contributed by atoms with Crippen LogP contribution in [-0.4, -0.2) is 40.8 Å². The lowest BCUT2D eigenvalue weighted by Crippen LogP contribution is -2.41. The fourth-order valence-corrected chi connectivity index (χ4v) is 3.31. The first kappa shape index (κ1) is 21.7. The van der Waals surface area contributed by atoms with Gasteiger partial charge in [0.2, 0.25) is 0 Å². The van der Waals surface area contributed by atoms with Gasteiger partial charge in [0, 0.05) is 18.2 Å². The molecule has 2 heterocycles. The van der Waals surface area contributed by atoms with Gasteiger partial charge >= 0.3 is 12.2 Å². The second kappa shape index (κ2) is 8.00. The number of benzene rings is 1. The summed E-state index contributed by atoms with van der Waals surface area (Å²) in [7, 11) is 0. The number of aromatic nitrogens is 1. The van der Waals surface area contributed by atoms with Crippen LogP contribution in [-0.2, 0) is 6.18 Å². The lowest BCUT2D eigenvalue weighted by Gasteiger charge is -2.25. The number of hydrogen-bond acceptors (Lipinski definition) is 3. The maximum atomic E-state index is 13.4. The van der Waals surface area contributed by atoms with Crippen LogP contribution < -0.4 is 4.90 Å². The topological polar surface area (TPSA) is 53.5 Å². The van der Waals surface area contributed by atoms with Gasteiger partial charge < -0.3 is 4.90 Å². The highest BCUT2D eigenvalue weighted by atomic mass is 19.4. The molecule has 1 aliphatic rings. The molecule has 1 fully saturated rings. The molecular formula is C20H18F5N3O2. The minimum absolute atomic E-state index is 0.0848.